The molecule has 0 fully saturated rings. The minimum absolute atomic E-state index is 0.0363. The molecule has 0 aliphatic rings. The molecule has 0 amide bonds. The number of nitrogens with zero attached hydrogens (tertiary/aromatic N) is 1. The highest BCUT2D eigenvalue weighted by Crippen LogP contribution is 2.05. The third-order valence-corrected chi connectivity index (χ3v) is 2.12. The van der Waals surface area contributed by atoms with E-state index in [-0.39, 0.29) is 6.61 Å². The highest BCUT2D eigenvalue weighted by molar-refractivity contribution is 7.81. The van der Waals surface area contributed by atoms with Crippen LogP contribution in [0, 0.1) is 0 Å². The molecule has 0 aromatic rings. The Morgan fingerprint density at radius 1 is 1.21 bits per heavy atom. The van der Waals surface area contributed by atoms with E-state index >= 15 is 0 Å². The SMILES string of the molecule is CCOC(OS(=O)(=O)OCC)N(C)C. The van der Waals surface area contributed by atoms with Gasteiger partial charge >= 0.3 is 10.4 Å². The predicted molar refractivity (Wildman–Crippen MR) is 50.7 cm³/mol. The second kappa shape index (κ2) is 6.31. The van der Waals surface area contributed by atoms with Gasteiger partial charge in [0.25, 0.3) is 0 Å². The van der Waals surface area contributed by atoms with Crippen molar-refractivity contribution in [2.45, 2.75) is 20.3 Å². The Balaban J connectivity index is 4.28. The van der Waals surface area contributed by atoms with E-state index in [0.29, 0.717) is 6.61 Å². The fourth-order valence-electron chi connectivity index (χ4n) is 0.678. The summed E-state index contributed by atoms with van der Waals surface area (Å²) in [5, 5.41) is 0. The van der Waals surface area contributed by atoms with Gasteiger partial charge in [0.2, 0.25) is 6.41 Å². The third kappa shape index (κ3) is 5.51. The summed E-state index contributed by atoms with van der Waals surface area (Å²) >= 11 is 0. The van der Waals surface area contributed by atoms with Crippen LogP contribution in [-0.4, -0.2) is 47.0 Å². The molecule has 0 saturated heterocycles. The van der Waals surface area contributed by atoms with Crippen LogP contribution in [-0.2, 0) is 23.5 Å². The van der Waals surface area contributed by atoms with E-state index in [1.807, 2.05) is 0 Å². The summed E-state index contributed by atoms with van der Waals surface area (Å²) in [5.41, 5.74) is 0. The Bertz CT molecular complexity index is 238. The second-order valence-electron chi connectivity index (χ2n) is 2.64. The molecule has 0 rings (SSSR count). The van der Waals surface area contributed by atoms with Crippen molar-refractivity contribution >= 4 is 10.4 Å². The summed E-state index contributed by atoms with van der Waals surface area (Å²) < 4.78 is 36.2. The molecule has 0 aliphatic heterocycles. The summed E-state index contributed by atoms with van der Waals surface area (Å²) in [6, 6.07) is 0. The van der Waals surface area contributed by atoms with E-state index in [9.17, 15) is 8.42 Å². The van der Waals surface area contributed by atoms with Crippen LogP contribution in [0.4, 0.5) is 0 Å². The van der Waals surface area contributed by atoms with Crippen LogP contribution in [0.15, 0.2) is 0 Å². The van der Waals surface area contributed by atoms with Gasteiger partial charge in [-0.15, -0.1) is 0 Å². The van der Waals surface area contributed by atoms with Gasteiger partial charge < -0.3 is 4.74 Å². The maximum Gasteiger partial charge on any atom is 0.403 e. The van der Waals surface area contributed by atoms with Gasteiger partial charge in [-0.25, -0.2) is 8.37 Å². The topological polar surface area (TPSA) is 65.1 Å². The number of rotatable bonds is 7. The molecule has 1 unspecified atom stereocenters. The third-order valence-electron chi connectivity index (χ3n) is 1.19. The number of hydrogen-bond donors (Lipinski definition) is 0. The Morgan fingerprint density at radius 2 is 1.79 bits per heavy atom. The zero-order valence-electron chi connectivity index (χ0n) is 8.89. The number of hydrogen-bond acceptors (Lipinski definition) is 6. The molecule has 6 nitrogen and oxygen atoms in total. The van der Waals surface area contributed by atoms with Crippen LogP contribution in [0.3, 0.4) is 0 Å². The first-order valence-corrected chi connectivity index (χ1v) is 5.62. The molecular weight excluding hydrogens is 210 g/mol. The molecule has 1 atom stereocenters. The summed E-state index contributed by atoms with van der Waals surface area (Å²) in [4.78, 5) is 1.49. The van der Waals surface area contributed by atoms with E-state index in [1.54, 1.807) is 27.9 Å². The van der Waals surface area contributed by atoms with Crippen molar-refractivity contribution in [3.8, 4) is 0 Å². The summed E-state index contributed by atoms with van der Waals surface area (Å²) in [6.45, 7) is 3.69. The molecule has 0 heterocycles. The molecule has 0 aromatic carbocycles. The zero-order valence-corrected chi connectivity index (χ0v) is 9.70. The molecule has 0 spiro atoms. The van der Waals surface area contributed by atoms with Crippen molar-refractivity contribution < 1.29 is 21.5 Å². The summed E-state index contributed by atoms with van der Waals surface area (Å²) in [5.74, 6) is 0. The average Bonchev–Trinajstić information content (AvgIpc) is 2.02. The van der Waals surface area contributed by atoms with Crippen LogP contribution < -0.4 is 0 Å². The van der Waals surface area contributed by atoms with Gasteiger partial charge in [0, 0.05) is 6.61 Å². The fourth-order valence-corrected chi connectivity index (χ4v) is 1.45. The zero-order chi connectivity index (χ0) is 11.2. The maximum absolute atomic E-state index is 11.1. The maximum atomic E-state index is 11.1. The van der Waals surface area contributed by atoms with Gasteiger partial charge in [-0.05, 0) is 27.9 Å². The normalized spacial score (nSPS) is 14.6. The predicted octanol–water partition coefficient (Wildman–Crippen LogP) is 0.166. The molecule has 0 saturated carbocycles. The molecule has 0 radical (unpaired) electrons. The van der Waals surface area contributed by atoms with Gasteiger partial charge in [-0.1, -0.05) is 0 Å². The van der Waals surface area contributed by atoms with E-state index in [2.05, 4.69) is 8.37 Å². The lowest BCUT2D eigenvalue weighted by atomic mass is 10.8. The van der Waals surface area contributed by atoms with E-state index in [1.165, 1.54) is 4.90 Å². The van der Waals surface area contributed by atoms with Gasteiger partial charge in [0.05, 0.1) is 6.61 Å². The minimum Gasteiger partial charge on any atom is -0.339 e. The van der Waals surface area contributed by atoms with Crippen molar-refractivity contribution in [1.29, 1.82) is 0 Å². The lowest BCUT2D eigenvalue weighted by Crippen LogP contribution is -2.35. The van der Waals surface area contributed by atoms with Crippen molar-refractivity contribution in [3.05, 3.63) is 0 Å². The van der Waals surface area contributed by atoms with E-state index in [4.69, 9.17) is 4.74 Å². The first-order valence-electron chi connectivity index (χ1n) is 4.28. The molecular formula is C7H17NO5S. The molecule has 86 valence electrons. The highest BCUT2D eigenvalue weighted by atomic mass is 32.3. The molecule has 7 heteroatoms. The lowest BCUT2D eigenvalue weighted by molar-refractivity contribution is -0.157. The first-order chi connectivity index (χ1) is 6.43. The Hall–Kier alpha value is -0.210. The highest BCUT2D eigenvalue weighted by Gasteiger charge is 2.21. The second-order valence-corrected chi connectivity index (χ2v) is 3.88. The van der Waals surface area contributed by atoms with Gasteiger partial charge in [0.15, 0.2) is 0 Å². The Labute approximate surface area is 85.1 Å². The molecule has 0 bridgehead atoms. The fraction of sp³-hybridized carbons (Fsp3) is 1.00. The molecule has 0 N–H and O–H groups in total. The van der Waals surface area contributed by atoms with Crippen molar-refractivity contribution in [2.75, 3.05) is 27.3 Å². The quantitative estimate of drug-likeness (QED) is 0.577. The average molecular weight is 227 g/mol. The largest absolute Gasteiger partial charge is 0.403 e. The van der Waals surface area contributed by atoms with Crippen LogP contribution in [0.25, 0.3) is 0 Å². The van der Waals surface area contributed by atoms with Crippen molar-refractivity contribution in [2.24, 2.45) is 0 Å². The first kappa shape index (κ1) is 13.8. The van der Waals surface area contributed by atoms with Crippen molar-refractivity contribution in [3.63, 3.8) is 0 Å². The van der Waals surface area contributed by atoms with Crippen LogP contribution >= 0.6 is 0 Å². The van der Waals surface area contributed by atoms with Crippen LogP contribution in [0.5, 0.6) is 0 Å². The van der Waals surface area contributed by atoms with Crippen LogP contribution in [0.1, 0.15) is 13.8 Å². The summed E-state index contributed by atoms with van der Waals surface area (Å²) in [7, 11) is -0.683. The standard InChI is InChI=1S/C7H17NO5S/c1-5-11-7(8(3)4)13-14(9,10)12-6-2/h7H,5-6H2,1-4H3. The summed E-state index contributed by atoms with van der Waals surface area (Å²) in [6.07, 6.45) is -0.948. The van der Waals surface area contributed by atoms with Gasteiger partial charge in [0.1, 0.15) is 0 Å². The monoisotopic (exact) mass is 227 g/mol. The van der Waals surface area contributed by atoms with Gasteiger partial charge in [-0.2, -0.15) is 8.42 Å². The molecule has 14 heavy (non-hydrogen) atoms. The molecule has 0 aromatic heterocycles. The Morgan fingerprint density at radius 3 is 2.14 bits per heavy atom. The van der Waals surface area contributed by atoms with Crippen molar-refractivity contribution in [1.82, 2.24) is 4.90 Å². The van der Waals surface area contributed by atoms with E-state index < -0.39 is 16.8 Å². The van der Waals surface area contributed by atoms with E-state index in [0.717, 1.165) is 0 Å². The molecule has 0 aliphatic carbocycles. The number of ether oxygens (including phenoxy) is 1. The minimum atomic E-state index is -3.96. The lowest BCUT2D eigenvalue weighted by Gasteiger charge is -2.22. The van der Waals surface area contributed by atoms with Crippen LogP contribution in [0.2, 0.25) is 0 Å². The smallest absolute Gasteiger partial charge is 0.339 e. The van der Waals surface area contributed by atoms with Gasteiger partial charge in [-0.3, -0.25) is 4.90 Å². The Kier molecular flexibility index (Phi) is 6.21.